The van der Waals surface area contributed by atoms with Crippen LogP contribution in [-0.2, 0) is 73.1 Å². The van der Waals surface area contributed by atoms with E-state index in [0.717, 1.165) is 177 Å². The van der Waals surface area contributed by atoms with Gasteiger partial charge in [0.25, 0.3) is 0 Å². The van der Waals surface area contributed by atoms with Gasteiger partial charge < -0.3 is 43.2 Å². The summed E-state index contributed by atoms with van der Waals surface area (Å²) in [5.74, 6) is 0.232. The first kappa shape index (κ1) is 80.7. The molecule has 0 bridgehead atoms. The second-order valence-electron chi connectivity index (χ2n) is 38.1. The standard InChI is InChI=1S/C26H27N2O.C24H23N2O.C23H21N2O.3C20H18N.3Ir/c1-17-9-12-26(3,13-10-17)16-19-11-14-27-23(15-19)22-6-4-5-20-21-8-7-18(2)28-25(21)29-24(20)22;1-16-10-11-20-19-8-5-9-21(23(19)27-24(20)26-16)22-15-18(12-13-25-22)14-17-6-3-2-4-7-17;1-15-10-11-19-18-8-5-9-20(22(18)26-23(19)25-15)21-14-17(12-13-24-21)16-6-3-2-4-7-16;3*1-14-9-10-18(20-11-15(2)16(3)13-21-20)12-19(14)17-7-5-4-6-8-17;;;/h4-5,7-8,11,14-15,17H,9-10,12-13,16H2,1-3H3;5,8,10-13,15,17H,2-4,6-7,14H2,1H3;5,8,10-14,16H,2-4,6-7H2,1H3;3*4-9,11-13H,1-3H3;;;/q6*-1;;;/i16D2;14D2;16D;3*1D3,3D3;;;. The molecule has 3 radical (unpaired) electrons. The molecular formula is C133H125Ir3N9O3-6. The Morgan fingerprint density at radius 2 is 0.696 bits per heavy atom. The monoisotopic (exact) mass is 2500 g/mol. The molecule has 0 N–H and O–H groups in total. The van der Waals surface area contributed by atoms with E-state index >= 15 is 0 Å². The van der Waals surface area contributed by atoms with Gasteiger partial charge in [0.05, 0.1) is 16.7 Å². The predicted octanol–water partition coefficient (Wildman–Crippen LogP) is 34.8. The zero-order valence-electron chi connectivity index (χ0n) is 107. The van der Waals surface area contributed by atoms with Crippen molar-refractivity contribution in [3.05, 3.63) is 412 Å². The van der Waals surface area contributed by atoms with Crippen LogP contribution in [0.5, 0.6) is 0 Å². The van der Waals surface area contributed by atoms with E-state index in [9.17, 15) is 0 Å². The number of aryl methyl sites for hydroxylation is 12. The van der Waals surface area contributed by atoms with E-state index in [-0.39, 0.29) is 105 Å². The molecule has 0 unspecified atom stereocenters. The largest absolute Gasteiger partial charge is 0.486 e. The van der Waals surface area contributed by atoms with Crippen molar-refractivity contribution in [2.24, 2.45) is 17.3 Å². The van der Waals surface area contributed by atoms with Crippen molar-refractivity contribution in [2.45, 2.75) is 205 Å². The minimum absolute atomic E-state index is 0. The smallest absolute Gasteiger partial charge is 0.216 e. The number of pyridine rings is 9. The van der Waals surface area contributed by atoms with Gasteiger partial charge in [0.1, 0.15) is 0 Å². The van der Waals surface area contributed by atoms with Gasteiger partial charge >= 0.3 is 0 Å². The van der Waals surface area contributed by atoms with Crippen LogP contribution in [0.15, 0.2) is 305 Å². The van der Waals surface area contributed by atoms with Crippen LogP contribution < -0.4 is 0 Å². The molecule has 0 atom stereocenters. The minimum Gasteiger partial charge on any atom is -0.486 e. The Morgan fingerprint density at radius 1 is 0.345 bits per heavy atom. The third-order valence-corrected chi connectivity index (χ3v) is 27.3. The summed E-state index contributed by atoms with van der Waals surface area (Å²) >= 11 is 0. The number of aromatic nitrogens is 9. The molecule has 21 aromatic rings. The Bertz CT molecular complexity index is 8850. The number of hydrogen-bond acceptors (Lipinski definition) is 12. The second-order valence-corrected chi connectivity index (χ2v) is 38.1. The topological polar surface area (TPSA) is 155 Å². The summed E-state index contributed by atoms with van der Waals surface area (Å²) < 4.78 is 201. The van der Waals surface area contributed by atoms with Gasteiger partial charge in [-0.05, 0) is 246 Å². The third kappa shape index (κ3) is 25.4. The molecule has 15 heteroatoms. The Kier molecular flexibility index (Phi) is 26.8. The van der Waals surface area contributed by atoms with E-state index in [4.69, 9.17) is 44.8 Å². The van der Waals surface area contributed by atoms with E-state index in [1.807, 2.05) is 215 Å². The number of hydrogen-bond donors (Lipinski definition) is 0. The summed E-state index contributed by atoms with van der Waals surface area (Å²) in [7, 11) is 0. The Labute approximate surface area is 945 Å². The van der Waals surface area contributed by atoms with Crippen molar-refractivity contribution >= 4 is 66.2 Å². The van der Waals surface area contributed by atoms with Gasteiger partial charge in [-0.15, -0.1) is 143 Å². The molecule has 0 aliphatic heterocycles. The molecule has 12 aromatic heterocycles. The SMILES string of the molecule is [2H]C([2H])([2H])c1cnc(-c2[c-]cc(C([2H])([2H])[2H])c(-c3ccccc3)c2)cc1C.[2H]C([2H])([2H])c1cnc(-c2[c-]cc(C([2H])([2H])[2H])c(-c3ccccc3)c2)cc1C.[2H]C([2H])([2H])c1cnc(-c2[c-]cc(C([2H])([2H])[2H])c(-c3ccccc3)c2)cc1C.[2H]C([2H])(c1ccnc(-c2[c-]ccc3c2oc2nc(C)ccc23)c1)C1(C)CCC(C)CC1.[2H]C([2H])(c1ccnc(-c2[c-]ccc3c2oc2nc(C)ccc23)c1)C1CCCCC1.[2H]C1(c2ccnc(-c3[c-]ccc4c3oc3nc(C)ccc34)c2)CCCCC1.[Ir].[Ir].[Ir]. The molecule has 0 amide bonds. The van der Waals surface area contributed by atoms with E-state index in [1.54, 1.807) is 69.6 Å². The molecule has 0 spiro atoms. The summed E-state index contributed by atoms with van der Waals surface area (Å²) in [6.45, 7) is 1.90. The Morgan fingerprint density at radius 3 is 1.07 bits per heavy atom. The van der Waals surface area contributed by atoms with Crippen LogP contribution in [0.25, 0.3) is 167 Å². The molecule has 148 heavy (non-hydrogen) atoms. The number of furan rings is 3. The summed E-state index contributed by atoms with van der Waals surface area (Å²) in [5.41, 5.74) is 24.0. The van der Waals surface area contributed by atoms with Crippen molar-refractivity contribution in [2.75, 3.05) is 0 Å². The van der Waals surface area contributed by atoms with Crippen molar-refractivity contribution in [3.63, 3.8) is 0 Å². The fourth-order valence-corrected chi connectivity index (χ4v) is 19.0. The first-order valence-electron chi connectivity index (χ1n) is 61.0. The molecule has 12 heterocycles. The molecule has 0 saturated heterocycles. The van der Waals surface area contributed by atoms with E-state index in [2.05, 4.69) is 107 Å². The van der Waals surface area contributed by atoms with Crippen molar-refractivity contribution in [1.29, 1.82) is 0 Å². The van der Waals surface area contributed by atoms with Crippen LogP contribution in [0.4, 0.5) is 0 Å². The van der Waals surface area contributed by atoms with Crippen molar-refractivity contribution < 1.29 is 105 Å². The fraction of sp³-hybridized carbons (Fsp3) is 0.256. The van der Waals surface area contributed by atoms with Gasteiger partial charge in [-0.1, -0.05) is 309 Å². The van der Waals surface area contributed by atoms with Gasteiger partial charge in [0.15, 0.2) is 0 Å². The maximum Gasteiger partial charge on any atom is 0.216 e. The van der Waals surface area contributed by atoms with Crippen LogP contribution in [0, 0.1) is 136 Å². The predicted molar refractivity (Wildman–Crippen MR) is 595 cm³/mol. The zero-order chi connectivity index (χ0) is 120. The van der Waals surface area contributed by atoms with Gasteiger partial charge in [0.2, 0.25) is 17.1 Å². The van der Waals surface area contributed by atoms with E-state index in [1.165, 1.54) is 49.6 Å². The molecule has 3 saturated carbocycles. The molecule has 24 rings (SSSR count). The maximum atomic E-state index is 9.05. The summed E-state index contributed by atoms with van der Waals surface area (Å²) in [5, 5.41) is 5.91. The minimum atomic E-state index is -2.27. The summed E-state index contributed by atoms with van der Waals surface area (Å²) in [4.78, 5) is 40.0. The first-order valence-corrected chi connectivity index (χ1v) is 49.5. The van der Waals surface area contributed by atoms with Gasteiger partial charge in [0, 0.05) is 162 Å². The van der Waals surface area contributed by atoms with Gasteiger partial charge in [-0.3, -0.25) is 0 Å². The van der Waals surface area contributed by atoms with Crippen molar-refractivity contribution in [1.82, 2.24) is 44.9 Å². The second kappa shape index (κ2) is 49.2. The summed E-state index contributed by atoms with van der Waals surface area (Å²) in [6, 6.07) is 96.4. The summed E-state index contributed by atoms with van der Waals surface area (Å²) in [6.07, 6.45) is 21.1. The first-order chi connectivity index (χ1) is 79.7. The molecule has 3 aliphatic rings. The van der Waals surface area contributed by atoms with E-state index in [0.29, 0.717) is 124 Å². The van der Waals surface area contributed by atoms with E-state index < -0.39 is 59.8 Å². The number of rotatable bonds is 14. The quantitative estimate of drug-likeness (QED) is 0.0951. The molecule has 753 valence electrons. The molecule has 9 aromatic carbocycles. The maximum absolute atomic E-state index is 9.05. The molecule has 3 fully saturated rings. The van der Waals surface area contributed by atoms with Crippen LogP contribution in [0.2, 0.25) is 0 Å². The van der Waals surface area contributed by atoms with Crippen LogP contribution in [0.3, 0.4) is 0 Å². The van der Waals surface area contributed by atoms with Crippen molar-refractivity contribution in [3.8, 4) is 101 Å². The average Bonchev–Trinajstić information content (AvgIpc) is 1.62. The molecular weight excluding hydrogens is 2350 g/mol. The number of benzene rings is 9. The number of nitrogens with zero attached hydrogens (tertiary/aromatic N) is 9. The normalized spacial score (nSPS) is 17.7. The zero-order valence-corrected chi connectivity index (χ0v) is 90.7. The van der Waals surface area contributed by atoms with Gasteiger partial charge in [-0.2, -0.15) is 0 Å². The van der Waals surface area contributed by atoms with Crippen LogP contribution >= 0.6 is 0 Å². The van der Waals surface area contributed by atoms with Crippen LogP contribution in [0.1, 0.15) is 225 Å². The Hall–Kier alpha value is -13.3. The fourth-order valence-electron chi connectivity index (χ4n) is 19.0. The van der Waals surface area contributed by atoms with Gasteiger partial charge in [-0.25, -0.2) is 15.0 Å². The van der Waals surface area contributed by atoms with Crippen LogP contribution in [-0.4, -0.2) is 44.9 Å². The molecule has 12 nitrogen and oxygen atoms in total. The molecule has 3 aliphatic carbocycles. The average molecular weight is 2500 g/mol. The number of fused-ring (bicyclic) bond motifs is 9. The Balaban J connectivity index is 0.000000142. The third-order valence-electron chi connectivity index (χ3n) is 27.3.